The Morgan fingerprint density at radius 1 is 1.03 bits per heavy atom. The van der Waals surface area contributed by atoms with Crippen molar-refractivity contribution in [2.45, 2.75) is 64.0 Å². The average Bonchev–Trinajstić information content (AvgIpc) is 3.38. The van der Waals surface area contributed by atoms with Crippen molar-refractivity contribution in [3.63, 3.8) is 0 Å². The average molecular weight is 522 g/mol. The standard InChI is InChI=1S/C29H32ClN3O2S/c1-20-5-4-15-31-25(20)19-23-6-2-3-16-32(23)27(34)11-12-28(35)33-17-13-26-24(14-18-36-26)29(33)21-7-9-22(30)10-8-21/h4-5,7-10,14-15,18,23,29H,2-3,6,11-13,16-17,19H2,1H3. The van der Waals surface area contributed by atoms with E-state index in [0.717, 1.165) is 55.5 Å². The van der Waals surface area contributed by atoms with Gasteiger partial charge in [-0.2, -0.15) is 0 Å². The zero-order valence-corrected chi connectivity index (χ0v) is 22.2. The number of likely N-dealkylation sites (tertiary alicyclic amines) is 1. The number of aryl methyl sites for hydroxylation is 1. The Hall–Kier alpha value is -2.70. The molecule has 0 spiro atoms. The first-order valence-corrected chi connectivity index (χ1v) is 14.1. The minimum absolute atomic E-state index is 0.0364. The number of carbonyl (C=O) groups is 2. The monoisotopic (exact) mass is 521 g/mol. The molecule has 1 aromatic carbocycles. The lowest BCUT2D eigenvalue weighted by Gasteiger charge is -2.37. The molecular weight excluding hydrogens is 490 g/mol. The molecule has 2 aromatic heterocycles. The maximum absolute atomic E-state index is 13.5. The molecule has 2 unspecified atom stereocenters. The molecule has 7 heteroatoms. The lowest BCUT2D eigenvalue weighted by Crippen LogP contribution is -2.46. The Balaban J connectivity index is 1.27. The van der Waals surface area contributed by atoms with Crippen LogP contribution in [0.15, 0.2) is 54.0 Å². The maximum atomic E-state index is 13.5. The number of hydrogen-bond donors (Lipinski definition) is 0. The Labute approximate surface area is 222 Å². The van der Waals surface area contributed by atoms with Crippen molar-refractivity contribution in [2.75, 3.05) is 13.1 Å². The number of nitrogens with zero attached hydrogens (tertiary/aromatic N) is 3. The Kier molecular flexibility index (Phi) is 7.73. The van der Waals surface area contributed by atoms with E-state index < -0.39 is 0 Å². The third kappa shape index (κ3) is 5.35. The Bertz CT molecular complexity index is 1230. The van der Waals surface area contributed by atoms with Crippen LogP contribution in [0.5, 0.6) is 0 Å². The lowest BCUT2D eigenvalue weighted by molar-refractivity contribution is -0.140. The molecule has 1 fully saturated rings. The van der Waals surface area contributed by atoms with E-state index >= 15 is 0 Å². The maximum Gasteiger partial charge on any atom is 0.223 e. The Morgan fingerprint density at radius 3 is 2.58 bits per heavy atom. The second kappa shape index (κ2) is 11.1. The van der Waals surface area contributed by atoms with Gasteiger partial charge in [0, 0.05) is 60.2 Å². The molecule has 188 valence electrons. The number of benzene rings is 1. The summed E-state index contributed by atoms with van der Waals surface area (Å²) in [7, 11) is 0. The number of aromatic nitrogens is 1. The molecule has 2 atom stereocenters. The van der Waals surface area contributed by atoms with E-state index in [2.05, 4.69) is 29.4 Å². The highest BCUT2D eigenvalue weighted by atomic mass is 35.5. The highest BCUT2D eigenvalue weighted by molar-refractivity contribution is 7.10. The van der Waals surface area contributed by atoms with Gasteiger partial charge in [-0.25, -0.2) is 0 Å². The van der Waals surface area contributed by atoms with E-state index in [1.54, 1.807) is 11.3 Å². The second-order valence-corrected chi connectivity index (χ2v) is 11.2. The molecule has 4 heterocycles. The zero-order valence-electron chi connectivity index (χ0n) is 20.7. The van der Waals surface area contributed by atoms with Crippen molar-refractivity contribution >= 4 is 34.8 Å². The third-order valence-electron chi connectivity index (χ3n) is 7.52. The molecule has 0 radical (unpaired) electrons. The minimum atomic E-state index is -0.130. The molecule has 2 amide bonds. The Morgan fingerprint density at radius 2 is 1.81 bits per heavy atom. The van der Waals surface area contributed by atoms with Crippen LogP contribution in [0.1, 0.15) is 65.4 Å². The number of piperidine rings is 1. The fourth-order valence-electron chi connectivity index (χ4n) is 5.59. The van der Waals surface area contributed by atoms with Crippen LogP contribution in [0.25, 0.3) is 0 Å². The van der Waals surface area contributed by atoms with Gasteiger partial charge < -0.3 is 9.80 Å². The quantitative estimate of drug-likeness (QED) is 0.401. The number of carbonyl (C=O) groups excluding carboxylic acids is 2. The van der Waals surface area contributed by atoms with Crippen LogP contribution >= 0.6 is 22.9 Å². The number of rotatable bonds is 6. The summed E-state index contributed by atoms with van der Waals surface area (Å²) in [4.78, 5) is 36.7. The van der Waals surface area contributed by atoms with Crippen LogP contribution in [0.3, 0.4) is 0 Å². The van der Waals surface area contributed by atoms with Gasteiger partial charge >= 0.3 is 0 Å². The molecule has 0 aliphatic carbocycles. The largest absolute Gasteiger partial charge is 0.339 e. The molecule has 0 N–H and O–H groups in total. The summed E-state index contributed by atoms with van der Waals surface area (Å²) in [6.45, 7) is 3.50. The van der Waals surface area contributed by atoms with E-state index in [0.29, 0.717) is 11.6 Å². The number of amides is 2. The SMILES string of the molecule is Cc1cccnc1CC1CCCCN1C(=O)CCC(=O)N1CCc2sccc2C1c1ccc(Cl)cc1. The first kappa shape index (κ1) is 25.0. The second-order valence-electron chi connectivity index (χ2n) is 9.80. The van der Waals surface area contributed by atoms with Gasteiger partial charge in [0.2, 0.25) is 11.8 Å². The summed E-state index contributed by atoms with van der Waals surface area (Å²) in [6, 6.07) is 13.9. The fourth-order valence-corrected chi connectivity index (χ4v) is 6.62. The number of halogens is 1. The van der Waals surface area contributed by atoms with E-state index in [4.69, 9.17) is 11.6 Å². The number of hydrogen-bond acceptors (Lipinski definition) is 4. The van der Waals surface area contributed by atoms with Crippen molar-refractivity contribution in [2.24, 2.45) is 0 Å². The van der Waals surface area contributed by atoms with Gasteiger partial charge in [0.05, 0.1) is 6.04 Å². The molecule has 5 rings (SSSR count). The van der Waals surface area contributed by atoms with Gasteiger partial charge in [0.25, 0.3) is 0 Å². The minimum Gasteiger partial charge on any atom is -0.339 e. The van der Waals surface area contributed by atoms with Crippen LogP contribution in [0, 0.1) is 6.92 Å². The molecule has 2 aliphatic rings. The van der Waals surface area contributed by atoms with Crippen LogP contribution < -0.4 is 0 Å². The molecule has 0 saturated carbocycles. The van der Waals surface area contributed by atoms with E-state index in [-0.39, 0.29) is 36.7 Å². The number of fused-ring (bicyclic) bond motifs is 1. The van der Waals surface area contributed by atoms with E-state index in [1.165, 1.54) is 10.4 Å². The predicted octanol–water partition coefficient (Wildman–Crippen LogP) is 5.98. The number of pyridine rings is 1. The molecule has 3 aromatic rings. The van der Waals surface area contributed by atoms with E-state index in [9.17, 15) is 9.59 Å². The van der Waals surface area contributed by atoms with Crippen LogP contribution in [-0.2, 0) is 22.4 Å². The highest BCUT2D eigenvalue weighted by Crippen LogP contribution is 2.38. The lowest BCUT2D eigenvalue weighted by atomic mass is 9.92. The number of thiophene rings is 1. The summed E-state index contributed by atoms with van der Waals surface area (Å²) in [5, 5.41) is 2.78. The van der Waals surface area contributed by atoms with Crippen LogP contribution in [-0.4, -0.2) is 45.7 Å². The fraction of sp³-hybridized carbons (Fsp3) is 0.414. The van der Waals surface area contributed by atoms with Crippen molar-refractivity contribution in [3.8, 4) is 0 Å². The van der Waals surface area contributed by atoms with Gasteiger partial charge in [-0.3, -0.25) is 14.6 Å². The molecule has 2 aliphatic heterocycles. The van der Waals surface area contributed by atoms with Gasteiger partial charge in [-0.15, -0.1) is 11.3 Å². The normalized spacial score (nSPS) is 19.7. The van der Waals surface area contributed by atoms with Crippen molar-refractivity contribution in [1.82, 2.24) is 14.8 Å². The first-order valence-electron chi connectivity index (χ1n) is 12.8. The summed E-state index contributed by atoms with van der Waals surface area (Å²) < 4.78 is 0. The zero-order chi connectivity index (χ0) is 25.1. The third-order valence-corrected chi connectivity index (χ3v) is 8.77. The van der Waals surface area contributed by atoms with Crippen LogP contribution in [0.2, 0.25) is 5.02 Å². The van der Waals surface area contributed by atoms with Gasteiger partial charge in [-0.1, -0.05) is 29.8 Å². The summed E-state index contributed by atoms with van der Waals surface area (Å²) >= 11 is 7.88. The molecule has 5 nitrogen and oxygen atoms in total. The summed E-state index contributed by atoms with van der Waals surface area (Å²) in [5.41, 5.74) is 4.47. The topological polar surface area (TPSA) is 53.5 Å². The smallest absolute Gasteiger partial charge is 0.223 e. The highest BCUT2D eigenvalue weighted by Gasteiger charge is 2.34. The summed E-state index contributed by atoms with van der Waals surface area (Å²) in [6.07, 6.45) is 7.06. The van der Waals surface area contributed by atoms with Gasteiger partial charge in [0.15, 0.2) is 0 Å². The van der Waals surface area contributed by atoms with Crippen LogP contribution in [0.4, 0.5) is 0 Å². The van der Waals surface area contributed by atoms with Crippen molar-refractivity contribution < 1.29 is 9.59 Å². The van der Waals surface area contributed by atoms with Crippen molar-refractivity contribution in [1.29, 1.82) is 0 Å². The van der Waals surface area contributed by atoms with Gasteiger partial charge in [-0.05, 0) is 78.9 Å². The van der Waals surface area contributed by atoms with Crippen molar-refractivity contribution in [3.05, 3.63) is 86.3 Å². The molecule has 0 bridgehead atoms. The molecule has 1 saturated heterocycles. The van der Waals surface area contributed by atoms with E-state index in [1.807, 2.05) is 46.3 Å². The predicted molar refractivity (Wildman–Crippen MR) is 144 cm³/mol. The first-order chi connectivity index (χ1) is 17.5. The molecular formula is C29H32ClN3O2S. The summed E-state index contributed by atoms with van der Waals surface area (Å²) in [5.74, 6) is 0.118. The van der Waals surface area contributed by atoms with Gasteiger partial charge in [0.1, 0.15) is 0 Å². The molecule has 36 heavy (non-hydrogen) atoms.